The van der Waals surface area contributed by atoms with Crippen LogP contribution in [0.5, 0.6) is 0 Å². The highest BCUT2D eigenvalue weighted by Crippen LogP contribution is 2.33. The predicted molar refractivity (Wildman–Crippen MR) is 145 cm³/mol. The van der Waals surface area contributed by atoms with Gasteiger partial charge in [0.05, 0.1) is 24.7 Å². The number of hydrogen-bond donors (Lipinski definition) is 3. The van der Waals surface area contributed by atoms with E-state index >= 15 is 0 Å². The van der Waals surface area contributed by atoms with Gasteiger partial charge in [-0.05, 0) is 47.5 Å². The fraction of sp³-hybridized carbons (Fsp3) is 0.115. The summed E-state index contributed by atoms with van der Waals surface area (Å²) < 4.78 is 28.8. The molecule has 2 aromatic heterocycles. The second-order valence-electron chi connectivity index (χ2n) is 8.10. The van der Waals surface area contributed by atoms with E-state index in [0.29, 0.717) is 21.7 Å². The number of nitroso groups, excluding NO2 is 1. The Hall–Kier alpha value is -4.26. The Bertz CT molecular complexity index is 1530. The molecule has 2 heterocycles. The largest absolute Gasteiger partial charge is 0.332 e. The van der Waals surface area contributed by atoms with E-state index in [0.717, 1.165) is 17.0 Å². The number of carbonyl (C=O) groups is 2. The number of urea groups is 1. The third-order valence-corrected chi connectivity index (χ3v) is 8.49. The third-order valence-electron chi connectivity index (χ3n) is 5.39. The van der Waals surface area contributed by atoms with Gasteiger partial charge in [-0.3, -0.25) is 9.78 Å². The second kappa shape index (κ2) is 12.3. The van der Waals surface area contributed by atoms with Gasteiger partial charge < -0.3 is 10.6 Å². The summed E-state index contributed by atoms with van der Waals surface area (Å²) in [5.74, 6) is -0.957. The minimum Gasteiger partial charge on any atom is -0.332 e. The van der Waals surface area contributed by atoms with E-state index in [4.69, 9.17) is 0 Å². The zero-order chi connectivity index (χ0) is 27.0. The first-order chi connectivity index (χ1) is 18.3. The van der Waals surface area contributed by atoms with Gasteiger partial charge in [-0.1, -0.05) is 48.5 Å². The third kappa shape index (κ3) is 7.16. The monoisotopic (exact) mass is 549 g/mol. The molecule has 2 aromatic carbocycles. The van der Waals surface area contributed by atoms with E-state index < -0.39 is 34.4 Å². The molecule has 0 saturated heterocycles. The number of carbonyl (C=O) groups excluding carboxylic acids is 2. The Labute approximate surface area is 223 Å². The molecule has 1 unspecified atom stereocenters. The number of rotatable bonds is 10. The van der Waals surface area contributed by atoms with E-state index in [1.807, 2.05) is 6.07 Å². The number of aromatic nitrogens is 1. The summed E-state index contributed by atoms with van der Waals surface area (Å²) in [5, 5.41) is 7.89. The minimum absolute atomic E-state index is 0.0337. The SMILES string of the molecule is O=NC(=O)CC(NS(=O)(=O)c1ccc(-c2cccc(NC(=O)NCc3ccccn3)c2)s1)c1ccccc1. The normalized spacial score (nSPS) is 11.9. The maximum absolute atomic E-state index is 13.1. The molecular weight excluding hydrogens is 526 g/mol. The molecule has 0 bridgehead atoms. The molecular formula is C26H23N5O5S2. The smallest absolute Gasteiger partial charge is 0.319 e. The lowest BCUT2D eigenvalue weighted by Crippen LogP contribution is -2.29. The molecule has 0 spiro atoms. The van der Waals surface area contributed by atoms with Crippen molar-refractivity contribution in [1.29, 1.82) is 0 Å². The first-order valence-corrected chi connectivity index (χ1v) is 13.7. The van der Waals surface area contributed by atoms with Crippen molar-refractivity contribution in [3.05, 3.63) is 107 Å². The number of nitrogens with zero attached hydrogens (tertiary/aromatic N) is 2. The number of anilines is 1. The van der Waals surface area contributed by atoms with Gasteiger partial charge in [-0.15, -0.1) is 16.2 Å². The molecule has 12 heteroatoms. The number of amides is 3. The van der Waals surface area contributed by atoms with E-state index in [-0.39, 0.29) is 10.8 Å². The van der Waals surface area contributed by atoms with Crippen LogP contribution in [0, 0.1) is 4.91 Å². The first-order valence-electron chi connectivity index (χ1n) is 11.4. The van der Waals surface area contributed by atoms with Crippen molar-refractivity contribution in [2.45, 2.75) is 23.2 Å². The van der Waals surface area contributed by atoms with Crippen molar-refractivity contribution in [3.63, 3.8) is 0 Å². The summed E-state index contributed by atoms with van der Waals surface area (Å²) in [6.07, 6.45) is 1.24. The zero-order valence-corrected chi connectivity index (χ0v) is 21.5. The van der Waals surface area contributed by atoms with Gasteiger partial charge >= 0.3 is 6.03 Å². The lowest BCUT2D eigenvalue weighted by molar-refractivity contribution is -0.118. The molecule has 4 aromatic rings. The summed E-state index contributed by atoms with van der Waals surface area (Å²) in [5.41, 5.74) is 2.49. The fourth-order valence-corrected chi connectivity index (χ4v) is 6.13. The van der Waals surface area contributed by atoms with Crippen LogP contribution in [0.1, 0.15) is 23.7 Å². The molecule has 0 saturated carbocycles. The average Bonchev–Trinajstić information content (AvgIpc) is 3.44. The summed E-state index contributed by atoms with van der Waals surface area (Å²) in [4.78, 5) is 39.5. The van der Waals surface area contributed by atoms with Gasteiger partial charge in [0.2, 0.25) is 0 Å². The highest BCUT2D eigenvalue weighted by atomic mass is 32.2. The Kier molecular flexibility index (Phi) is 8.69. The summed E-state index contributed by atoms with van der Waals surface area (Å²) in [6, 6.07) is 22.7. The highest BCUT2D eigenvalue weighted by molar-refractivity contribution is 7.91. The predicted octanol–water partition coefficient (Wildman–Crippen LogP) is 4.83. The standard InChI is InChI=1S/C26H23N5O5S2/c32-24(30-34)16-22(18-7-2-1-3-8-18)31-38(35,36)25-13-12-23(37-25)19-9-6-11-20(15-19)29-26(33)28-17-21-10-4-5-14-27-21/h1-15,22,31H,16-17H2,(H2,28,29,33). The van der Waals surface area contributed by atoms with E-state index in [1.165, 1.54) is 6.07 Å². The molecule has 0 aliphatic rings. The number of thiophene rings is 1. The quantitative estimate of drug-likeness (QED) is 0.241. The van der Waals surface area contributed by atoms with Crippen molar-refractivity contribution in [1.82, 2.24) is 15.0 Å². The number of pyridine rings is 1. The molecule has 0 radical (unpaired) electrons. The Morgan fingerprint density at radius 2 is 1.74 bits per heavy atom. The zero-order valence-electron chi connectivity index (χ0n) is 19.9. The van der Waals surface area contributed by atoms with Gasteiger partial charge in [0.25, 0.3) is 15.9 Å². The molecule has 3 amide bonds. The Morgan fingerprint density at radius 3 is 2.47 bits per heavy atom. The molecule has 3 N–H and O–H groups in total. The number of benzene rings is 2. The molecule has 10 nitrogen and oxygen atoms in total. The maximum atomic E-state index is 13.1. The van der Waals surface area contributed by atoms with Crippen LogP contribution < -0.4 is 15.4 Å². The number of hydrogen-bond acceptors (Lipinski definition) is 7. The Balaban J connectivity index is 1.46. The molecule has 38 heavy (non-hydrogen) atoms. The van der Waals surface area contributed by atoms with Crippen molar-refractivity contribution < 1.29 is 18.0 Å². The van der Waals surface area contributed by atoms with Crippen LogP contribution in [0.2, 0.25) is 0 Å². The second-order valence-corrected chi connectivity index (χ2v) is 11.1. The molecule has 0 fully saturated rings. The van der Waals surface area contributed by atoms with Crippen LogP contribution in [0.4, 0.5) is 10.5 Å². The Morgan fingerprint density at radius 1 is 0.947 bits per heavy atom. The van der Waals surface area contributed by atoms with Crippen molar-refractivity contribution >= 4 is 39.0 Å². The van der Waals surface area contributed by atoms with Gasteiger partial charge in [-0.25, -0.2) is 17.9 Å². The van der Waals surface area contributed by atoms with Crippen LogP contribution in [0.3, 0.4) is 0 Å². The lowest BCUT2D eigenvalue weighted by atomic mass is 10.0. The maximum Gasteiger partial charge on any atom is 0.319 e. The molecule has 4 rings (SSSR count). The lowest BCUT2D eigenvalue weighted by Gasteiger charge is -2.16. The van der Waals surface area contributed by atoms with Crippen LogP contribution >= 0.6 is 11.3 Å². The van der Waals surface area contributed by atoms with Crippen molar-refractivity contribution in [2.24, 2.45) is 5.18 Å². The molecule has 194 valence electrons. The van der Waals surface area contributed by atoms with Crippen LogP contribution in [0.25, 0.3) is 10.4 Å². The van der Waals surface area contributed by atoms with Crippen LogP contribution in [-0.2, 0) is 21.4 Å². The summed E-state index contributed by atoms with van der Waals surface area (Å²) in [6.45, 7) is 0.268. The number of sulfonamides is 1. The molecule has 0 aliphatic carbocycles. The van der Waals surface area contributed by atoms with Gasteiger partial charge in [0.15, 0.2) is 0 Å². The van der Waals surface area contributed by atoms with Gasteiger partial charge in [0, 0.05) is 21.9 Å². The van der Waals surface area contributed by atoms with Crippen LogP contribution in [-0.4, -0.2) is 25.3 Å². The topological polar surface area (TPSA) is 147 Å². The van der Waals surface area contributed by atoms with Crippen LogP contribution in [0.15, 0.2) is 101 Å². The molecule has 0 aliphatic heterocycles. The fourth-order valence-electron chi connectivity index (χ4n) is 3.59. The molecule has 1 atom stereocenters. The van der Waals surface area contributed by atoms with Gasteiger partial charge in [-0.2, -0.15) is 0 Å². The van der Waals surface area contributed by atoms with E-state index in [2.05, 4.69) is 25.5 Å². The number of nitrogens with one attached hydrogen (secondary N) is 3. The van der Waals surface area contributed by atoms with Crippen molar-refractivity contribution in [3.8, 4) is 10.4 Å². The van der Waals surface area contributed by atoms with Crippen molar-refractivity contribution in [2.75, 3.05) is 5.32 Å². The average molecular weight is 550 g/mol. The summed E-state index contributed by atoms with van der Waals surface area (Å²) in [7, 11) is -4.02. The van der Waals surface area contributed by atoms with E-state index in [9.17, 15) is 22.9 Å². The first kappa shape index (κ1) is 26.8. The highest BCUT2D eigenvalue weighted by Gasteiger charge is 2.25. The van der Waals surface area contributed by atoms with Gasteiger partial charge in [0.1, 0.15) is 4.21 Å². The minimum atomic E-state index is -4.02. The summed E-state index contributed by atoms with van der Waals surface area (Å²) >= 11 is 1.03. The van der Waals surface area contributed by atoms with E-state index in [1.54, 1.807) is 79.0 Å².